The van der Waals surface area contributed by atoms with E-state index >= 15 is 0 Å². The van der Waals surface area contributed by atoms with E-state index in [0.717, 1.165) is 12.1 Å². The summed E-state index contributed by atoms with van der Waals surface area (Å²) < 4.78 is 1.64. The molecule has 106 valence electrons. The number of benzene rings is 1. The van der Waals surface area contributed by atoms with Crippen LogP contribution < -0.4 is 11.1 Å². The first-order valence-corrected chi connectivity index (χ1v) is 6.65. The van der Waals surface area contributed by atoms with Crippen molar-refractivity contribution in [1.29, 1.82) is 0 Å². The molecule has 1 heterocycles. The van der Waals surface area contributed by atoms with Gasteiger partial charge in [-0.05, 0) is 44.5 Å². The number of hydrogen-bond donors (Lipinski definition) is 2. The van der Waals surface area contributed by atoms with Gasteiger partial charge in [0.05, 0.1) is 5.69 Å². The van der Waals surface area contributed by atoms with Crippen molar-refractivity contribution in [3.63, 3.8) is 0 Å². The molecule has 0 atom stereocenters. The first kappa shape index (κ1) is 14.1. The molecule has 5 nitrogen and oxygen atoms in total. The highest BCUT2D eigenvalue weighted by Gasteiger charge is 2.20. The van der Waals surface area contributed by atoms with E-state index in [1.165, 1.54) is 0 Å². The van der Waals surface area contributed by atoms with E-state index in [1.807, 2.05) is 45.0 Å². The normalized spacial score (nSPS) is 11.3. The van der Waals surface area contributed by atoms with Gasteiger partial charge < -0.3 is 11.1 Å². The highest BCUT2D eigenvalue weighted by molar-refractivity contribution is 5.92. The molecule has 1 amide bonds. The average molecular weight is 272 g/mol. The van der Waals surface area contributed by atoms with E-state index < -0.39 is 0 Å². The van der Waals surface area contributed by atoms with Gasteiger partial charge >= 0.3 is 0 Å². The quantitative estimate of drug-likeness (QED) is 0.839. The number of carbonyl (C=O) groups is 1. The van der Waals surface area contributed by atoms with Crippen LogP contribution in [-0.4, -0.2) is 21.2 Å². The lowest BCUT2D eigenvalue weighted by molar-refractivity contribution is 0.0905. The minimum Gasteiger partial charge on any atom is -0.399 e. The monoisotopic (exact) mass is 272 g/mol. The van der Waals surface area contributed by atoms with Crippen molar-refractivity contribution in [2.75, 3.05) is 5.73 Å². The predicted molar refractivity (Wildman–Crippen MR) is 79.8 cm³/mol. The molecule has 1 aromatic carbocycles. The summed E-state index contributed by atoms with van der Waals surface area (Å²) in [6, 6.07) is 9.06. The number of carbonyl (C=O) groups excluding carboxylic acids is 1. The van der Waals surface area contributed by atoms with E-state index in [2.05, 4.69) is 10.4 Å². The fourth-order valence-electron chi connectivity index (χ4n) is 1.72. The molecule has 0 aliphatic rings. The molecule has 20 heavy (non-hydrogen) atoms. The van der Waals surface area contributed by atoms with Gasteiger partial charge in [0, 0.05) is 17.4 Å². The Balaban J connectivity index is 2.19. The number of nitrogens with two attached hydrogens (primary N) is 1. The molecule has 2 rings (SSSR count). The molecule has 0 aliphatic carbocycles. The maximum absolute atomic E-state index is 12.1. The number of nitrogen functional groups attached to an aromatic ring is 1. The van der Waals surface area contributed by atoms with Crippen LogP contribution in [0.25, 0.3) is 5.69 Å². The van der Waals surface area contributed by atoms with Crippen LogP contribution in [0.15, 0.2) is 36.5 Å². The first-order chi connectivity index (χ1) is 9.41. The number of amides is 1. The number of aromatic nitrogens is 2. The molecule has 1 aromatic heterocycles. The summed E-state index contributed by atoms with van der Waals surface area (Å²) >= 11 is 0. The molecule has 0 saturated heterocycles. The van der Waals surface area contributed by atoms with Crippen molar-refractivity contribution in [3.8, 4) is 5.69 Å². The third-order valence-electron chi connectivity index (χ3n) is 3.29. The summed E-state index contributed by atoms with van der Waals surface area (Å²) in [5.74, 6) is -0.167. The Hall–Kier alpha value is -2.30. The number of nitrogens with one attached hydrogen (secondary N) is 1. The summed E-state index contributed by atoms with van der Waals surface area (Å²) in [4.78, 5) is 12.1. The highest BCUT2D eigenvalue weighted by Crippen LogP contribution is 2.13. The molecule has 0 aliphatic heterocycles. The largest absolute Gasteiger partial charge is 0.399 e. The summed E-state index contributed by atoms with van der Waals surface area (Å²) in [5, 5.41) is 7.25. The standard InChI is InChI=1S/C15H20N4O/c1-4-15(2,3)17-14(20)13-8-9-19(18-13)12-7-5-6-11(16)10-12/h5-10H,4,16H2,1-3H3,(H,17,20). The zero-order valence-electron chi connectivity index (χ0n) is 12.1. The van der Waals surface area contributed by atoms with Crippen molar-refractivity contribution < 1.29 is 4.79 Å². The molecule has 0 spiro atoms. The van der Waals surface area contributed by atoms with Gasteiger partial charge in [0.1, 0.15) is 0 Å². The van der Waals surface area contributed by atoms with E-state index in [-0.39, 0.29) is 11.4 Å². The molecule has 0 radical (unpaired) electrons. The second-order valence-corrected chi connectivity index (χ2v) is 5.43. The zero-order valence-corrected chi connectivity index (χ0v) is 12.1. The van der Waals surface area contributed by atoms with Crippen molar-refractivity contribution in [2.24, 2.45) is 0 Å². The Labute approximate surface area is 118 Å². The molecule has 5 heteroatoms. The average Bonchev–Trinajstić information content (AvgIpc) is 2.88. The molecule has 0 bridgehead atoms. The van der Waals surface area contributed by atoms with Crippen LogP contribution in [0.4, 0.5) is 5.69 Å². The summed E-state index contributed by atoms with van der Waals surface area (Å²) in [7, 11) is 0. The van der Waals surface area contributed by atoms with Crippen molar-refractivity contribution >= 4 is 11.6 Å². The number of hydrogen-bond acceptors (Lipinski definition) is 3. The zero-order chi connectivity index (χ0) is 14.8. The van der Waals surface area contributed by atoms with Crippen LogP contribution in [0, 0.1) is 0 Å². The van der Waals surface area contributed by atoms with Crippen LogP contribution in [0.1, 0.15) is 37.7 Å². The third kappa shape index (κ3) is 3.17. The maximum atomic E-state index is 12.1. The Morgan fingerprint density at radius 3 is 2.80 bits per heavy atom. The molecule has 3 N–H and O–H groups in total. The topological polar surface area (TPSA) is 72.9 Å². The minimum atomic E-state index is -0.238. The van der Waals surface area contributed by atoms with Gasteiger partial charge in [0.25, 0.3) is 5.91 Å². The van der Waals surface area contributed by atoms with Crippen LogP contribution >= 0.6 is 0 Å². The fourth-order valence-corrected chi connectivity index (χ4v) is 1.72. The lowest BCUT2D eigenvalue weighted by Gasteiger charge is -2.23. The van der Waals surface area contributed by atoms with E-state index in [1.54, 1.807) is 16.9 Å². The van der Waals surface area contributed by atoms with Crippen molar-refractivity contribution in [3.05, 3.63) is 42.2 Å². The molecular weight excluding hydrogens is 252 g/mol. The van der Waals surface area contributed by atoms with Crippen LogP contribution in [0.2, 0.25) is 0 Å². The Kier molecular flexibility index (Phi) is 3.79. The molecule has 0 unspecified atom stereocenters. The number of nitrogens with zero attached hydrogens (tertiary/aromatic N) is 2. The van der Waals surface area contributed by atoms with Crippen LogP contribution in [-0.2, 0) is 0 Å². The predicted octanol–water partition coefficient (Wildman–Crippen LogP) is 2.37. The molecular formula is C15H20N4O. The second-order valence-electron chi connectivity index (χ2n) is 5.43. The second kappa shape index (κ2) is 5.36. The first-order valence-electron chi connectivity index (χ1n) is 6.65. The Morgan fingerprint density at radius 1 is 1.40 bits per heavy atom. The van der Waals surface area contributed by atoms with Crippen LogP contribution in [0.3, 0.4) is 0 Å². The maximum Gasteiger partial charge on any atom is 0.272 e. The lowest BCUT2D eigenvalue weighted by Crippen LogP contribution is -2.42. The highest BCUT2D eigenvalue weighted by atomic mass is 16.2. The summed E-state index contributed by atoms with van der Waals surface area (Å²) in [5.41, 5.74) is 7.40. The lowest BCUT2D eigenvalue weighted by atomic mass is 10.0. The minimum absolute atomic E-state index is 0.167. The molecule has 0 fully saturated rings. The van der Waals surface area contributed by atoms with Gasteiger partial charge in [0.2, 0.25) is 0 Å². The van der Waals surface area contributed by atoms with Gasteiger partial charge in [-0.2, -0.15) is 5.10 Å². The van der Waals surface area contributed by atoms with Gasteiger partial charge in [0.15, 0.2) is 5.69 Å². The molecule has 2 aromatic rings. The summed E-state index contributed by atoms with van der Waals surface area (Å²) in [6.07, 6.45) is 2.61. The SMILES string of the molecule is CCC(C)(C)NC(=O)c1ccn(-c2cccc(N)c2)n1. The van der Waals surface area contributed by atoms with E-state index in [4.69, 9.17) is 5.73 Å². The van der Waals surface area contributed by atoms with Crippen molar-refractivity contribution in [1.82, 2.24) is 15.1 Å². The van der Waals surface area contributed by atoms with Crippen LogP contribution in [0.5, 0.6) is 0 Å². The van der Waals surface area contributed by atoms with Gasteiger partial charge in [-0.3, -0.25) is 4.79 Å². The Bertz CT molecular complexity index is 616. The summed E-state index contributed by atoms with van der Waals surface area (Å²) in [6.45, 7) is 6.01. The number of anilines is 1. The number of rotatable bonds is 4. The fraction of sp³-hybridized carbons (Fsp3) is 0.333. The molecule has 0 saturated carbocycles. The van der Waals surface area contributed by atoms with Gasteiger partial charge in [-0.1, -0.05) is 13.0 Å². The van der Waals surface area contributed by atoms with Gasteiger partial charge in [-0.15, -0.1) is 0 Å². The van der Waals surface area contributed by atoms with E-state index in [9.17, 15) is 4.79 Å². The van der Waals surface area contributed by atoms with Gasteiger partial charge in [-0.25, -0.2) is 4.68 Å². The smallest absolute Gasteiger partial charge is 0.272 e. The van der Waals surface area contributed by atoms with Crippen molar-refractivity contribution in [2.45, 2.75) is 32.7 Å². The van der Waals surface area contributed by atoms with E-state index in [0.29, 0.717) is 11.4 Å². The Morgan fingerprint density at radius 2 is 2.15 bits per heavy atom. The third-order valence-corrected chi connectivity index (χ3v) is 3.29.